The van der Waals surface area contributed by atoms with Gasteiger partial charge in [-0.3, -0.25) is 0 Å². The quantitative estimate of drug-likeness (QED) is 0.112. The van der Waals surface area contributed by atoms with Gasteiger partial charge in [0, 0.05) is 22.7 Å². The van der Waals surface area contributed by atoms with E-state index in [0.29, 0.717) is 12.5 Å². The minimum absolute atomic E-state index is 0. The van der Waals surface area contributed by atoms with Gasteiger partial charge in [-0.2, -0.15) is 0 Å². The number of hydrogen-bond acceptors (Lipinski definition) is 2. The minimum Gasteiger partial charge on any atom is -0.0622 e. The second-order valence-corrected chi connectivity index (χ2v) is 19.3. The minimum atomic E-state index is -0.636. The Hall–Kier alpha value is -1.85. The number of benzene rings is 5. The molecule has 0 spiro atoms. The molecular weight excluding hydrogens is 872 g/mol. The van der Waals surface area contributed by atoms with Crippen molar-refractivity contribution in [1.82, 2.24) is 0 Å². The zero-order valence-corrected chi connectivity index (χ0v) is 36.3. The number of ether oxygens (including phenoxy) is 1. The van der Waals surface area contributed by atoms with Gasteiger partial charge in [-0.15, -0.1) is 0 Å². The van der Waals surface area contributed by atoms with Gasteiger partial charge in [-0.1, -0.05) is 166 Å². The topological polar surface area (TPSA) is 21.6 Å². The average Bonchev–Trinajstić information content (AvgIpc) is 4.03. The van der Waals surface area contributed by atoms with Crippen LogP contribution in [0.15, 0.2) is 157 Å². The van der Waals surface area contributed by atoms with Crippen molar-refractivity contribution in [3.63, 3.8) is 0 Å². The first-order chi connectivity index (χ1) is 26.1. The summed E-state index contributed by atoms with van der Waals surface area (Å²) < 4.78 is 5.99. The first kappa shape index (κ1) is 44.9. The molecular formula is C46H43Cl2FeNOP2Ru. The van der Waals surface area contributed by atoms with Gasteiger partial charge in [-0.05, 0) is 99.7 Å². The number of aliphatic imine (C=N–C) groups is 1. The normalized spacial score (nSPS) is 16.6. The van der Waals surface area contributed by atoms with Crippen molar-refractivity contribution in [2.75, 3.05) is 6.61 Å². The molecule has 1 atom stereocenters. The molecule has 0 aromatic heterocycles. The van der Waals surface area contributed by atoms with E-state index in [1.807, 2.05) is 32.1 Å². The summed E-state index contributed by atoms with van der Waals surface area (Å²) in [6.07, 6.45) is 16.5. The van der Waals surface area contributed by atoms with Crippen LogP contribution < -0.4 is 26.5 Å². The van der Waals surface area contributed by atoms with Gasteiger partial charge in [0.1, 0.15) is 6.61 Å². The SMILES string of the molecule is CC(C)C1COC([C]2[CH][CH][CH][C]2P(c2ccccc2)c2ccccc2)=N1.[CH]1[CH][CH][CH][CH]1.[Cl][Ru][Cl].[Fe].c1ccc(P(c2ccccc2)c2ccccc2)cc1. The monoisotopic (exact) mass is 915 g/mol. The first-order valence-corrected chi connectivity index (χ1v) is 24.6. The molecule has 1 aliphatic heterocycles. The van der Waals surface area contributed by atoms with Crippen molar-refractivity contribution in [2.24, 2.45) is 10.9 Å². The first-order valence-electron chi connectivity index (χ1n) is 17.4. The van der Waals surface area contributed by atoms with E-state index in [4.69, 9.17) is 29.1 Å². The largest absolute Gasteiger partial charge is 0.0622 e. The van der Waals surface area contributed by atoms with Crippen molar-refractivity contribution in [1.29, 1.82) is 0 Å². The molecule has 5 aromatic rings. The molecule has 2 saturated carbocycles. The van der Waals surface area contributed by atoms with Crippen molar-refractivity contribution >= 4 is 67.6 Å². The maximum atomic E-state index is 5.99. The molecule has 5 aromatic carbocycles. The second kappa shape index (κ2) is 25.4. The molecule has 278 valence electrons. The van der Waals surface area contributed by atoms with Gasteiger partial charge in [0.2, 0.25) is 0 Å². The Balaban J connectivity index is 0.000000203. The van der Waals surface area contributed by atoms with E-state index in [0.717, 1.165) is 11.8 Å². The van der Waals surface area contributed by atoms with Crippen LogP contribution in [0.4, 0.5) is 0 Å². The molecule has 3 aliphatic rings. The van der Waals surface area contributed by atoms with E-state index in [9.17, 15) is 0 Å². The Morgan fingerprint density at radius 3 is 1.19 bits per heavy atom. The van der Waals surface area contributed by atoms with Crippen molar-refractivity contribution in [3.05, 3.63) is 215 Å². The van der Waals surface area contributed by atoms with Gasteiger partial charge >= 0.3 is 34.5 Å². The molecule has 0 saturated heterocycles. The summed E-state index contributed by atoms with van der Waals surface area (Å²) in [4.78, 5) is 4.87. The summed E-state index contributed by atoms with van der Waals surface area (Å²) in [5, 5.41) is 6.89. The number of nitrogens with zero attached hydrogens (tertiary/aromatic N) is 1. The van der Waals surface area contributed by atoms with Crippen LogP contribution in [0, 0.1) is 68.9 Å². The summed E-state index contributed by atoms with van der Waals surface area (Å²) in [6.45, 7) is 5.09. The molecule has 8 heteroatoms. The van der Waals surface area contributed by atoms with Gasteiger partial charge < -0.3 is 4.74 Å². The molecule has 2 aliphatic carbocycles. The summed E-state index contributed by atoms with van der Waals surface area (Å²) >= 11 is -0.346. The Morgan fingerprint density at radius 1 is 0.537 bits per heavy atom. The molecule has 54 heavy (non-hydrogen) atoms. The van der Waals surface area contributed by atoms with Crippen LogP contribution in [0.3, 0.4) is 0 Å². The van der Waals surface area contributed by atoms with E-state index in [1.165, 1.54) is 32.2 Å². The Bertz CT molecular complexity index is 1600. The molecule has 0 N–H and O–H groups in total. The third-order valence-corrected chi connectivity index (χ3v) is 13.3. The van der Waals surface area contributed by atoms with Gasteiger partial charge in [-0.25, -0.2) is 4.99 Å². The van der Waals surface area contributed by atoms with E-state index < -0.39 is 15.8 Å². The summed E-state index contributed by atoms with van der Waals surface area (Å²) in [5.74, 6) is 2.45. The van der Waals surface area contributed by atoms with Crippen LogP contribution in [-0.4, -0.2) is 18.5 Å². The average molecular weight is 916 g/mol. The standard InChI is InChI=1S/C23H23NOP.C18H15P.C5H5.2ClH.Fe.Ru/c1-17(2)21-16-25-23(24-21)20-14-9-15-22(20)26(18-10-5-3-6-11-18)19-12-7-4-8-13-19;1-4-10-16(11-5-1)19(17-12-6-2-7-13-17)18-14-8-3-9-15-18;1-2-4-5-3-1;;;;/h3-15,17,21H,16H2,1-2H3;1-15H;1-5H;2*1H;;/q;;;;;;+2/p-2. The molecule has 0 bridgehead atoms. The Labute approximate surface area is 354 Å². The predicted octanol–water partition coefficient (Wildman–Crippen LogP) is 10.1. The van der Waals surface area contributed by atoms with E-state index in [1.54, 1.807) is 0 Å². The molecule has 10 radical (unpaired) electrons. The maximum absolute atomic E-state index is 5.99. The summed E-state index contributed by atoms with van der Waals surface area (Å²) in [5.41, 5.74) is 1.32. The fraction of sp³-hybridized carbons (Fsp3) is 0.109. The van der Waals surface area contributed by atoms with Gasteiger partial charge in [0.25, 0.3) is 0 Å². The molecule has 1 heterocycles. The molecule has 1 unspecified atom stereocenters. The molecule has 2 fully saturated rings. The zero-order valence-electron chi connectivity index (χ0n) is 30.1. The predicted molar refractivity (Wildman–Crippen MR) is 229 cm³/mol. The third kappa shape index (κ3) is 13.7. The van der Waals surface area contributed by atoms with Crippen LogP contribution in [0.5, 0.6) is 0 Å². The smallest absolute Gasteiger partial charge is 0 e. The number of rotatable bonds is 8. The molecule has 0 amide bonds. The summed E-state index contributed by atoms with van der Waals surface area (Å²) in [6, 6.07) is 54.1. The van der Waals surface area contributed by atoms with Crippen LogP contribution >= 0.6 is 35.2 Å². The van der Waals surface area contributed by atoms with Crippen LogP contribution in [-0.2, 0) is 37.0 Å². The van der Waals surface area contributed by atoms with Crippen molar-refractivity contribution in [2.45, 2.75) is 19.9 Å². The van der Waals surface area contributed by atoms with E-state index in [2.05, 4.69) is 185 Å². The number of halogens is 2. The Morgan fingerprint density at radius 2 is 0.870 bits per heavy atom. The zero-order chi connectivity index (χ0) is 37.1. The summed E-state index contributed by atoms with van der Waals surface area (Å²) in [7, 11) is 8.63. The third-order valence-electron chi connectivity index (χ3n) is 8.34. The van der Waals surface area contributed by atoms with Gasteiger partial charge in [0.15, 0.2) is 5.90 Å². The van der Waals surface area contributed by atoms with Crippen LogP contribution in [0.25, 0.3) is 0 Å². The van der Waals surface area contributed by atoms with E-state index >= 15 is 0 Å². The number of hydrogen-bond donors (Lipinski definition) is 0. The van der Waals surface area contributed by atoms with Crippen LogP contribution in [0.1, 0.15) is 13.8 Å². The van der Waals surface area contributed by atoms with Crippen LogP contribution in [0.2, 0.25) is 0 Å². The fourth-order valence-corrected chi connectivity index (χ4v) is 10.5. The fourth-order valence-electron chi connectivity index (χ4n) is 5.75. The van der Waals surface area contributed by atoms with E-state index in [-0.39, 0.29) is 38.3 Å². The Kier molecular flexibility index (Phi) is 21.1. The van der Waals surface area contributed by atoms with Crippen molar-refractivity contribution < 1.29 is 37.0 Å². The second-order valence-electron chi connectivity index (χ2n) is 12.2. The van der Waals surface area contributed by atoms with Gasteiger partial charge in [0.05, 0.1) is 12.0 Å². The molecule has 8 rings (SSSR count). The van der Waals surface area contributed by atoms with Crippen molar-refractivity contribution in [3.8, 4) is 0 Å². The maximum Gasteiger partial charge on any atom is 0 e. The molecule has 2 nitrogen and oxygen atoms in total.